The third kappa shape index (κ3) is 4.58. The summed E-state index contributed by atoms with van der Waals surface area (Å²) in [6.45, 7) is 0.386. The molecular weight excluding hydrogens is 248 g/mol. The molecule has 100 valence electrons. The van der Waals surface area contributed by atoms with Crippen molar-refractivity contribution in [3.8, 4) is 6.07 Å². The van der Waals surface area contributed by atoms with Gasteiger partial charge in [-0.1, -0.05) is 65.8 Å². The van der Waals surface area contributed by atoms with E-state index in [4.69, 9.17) is 10.1 Å². The summed E-state index contributed by atoms with van der Waals surface area (Å²) in [5.41, 5.74) is 2.65. The van der Waals surface area contributed by atoms with Crippen molar-refractivity contribution in [3.05, 3.63) is 71.8 Å². The highest BCUT2D eigenvalue weighted by Crippen LogP contribution is 2.05. The minimum absolute atomic E-state index is 0.386. The molecule has 3 heteroatoms. The van der Waals surface area contributed by atoms with Gasteiger partial charge >= 0.3 is 0 Å². The van der Waals surface area contributed by atoms with E-state index in [9.17, 15) is 0 Å². The minimum Gasteiger partial charge on any atom is -0.390 e. The highest BCUT2D eigenvalue weighted by atomic mass is 16.6. The number of oxime groups is 1. The summed E-state index contributed by atoms with van der Waals surface area (Å²) in [6.07, 6.45) is 1.39. The van der Waals surface area contributed by atoms with Gasteiger partial charge in [-0.05, 0) is 17.5 Å². The fraction of sp³-hybridized carbons (Fsp3) is 0.176. The van der Waals surface area contributed by atoms with Gasteiger partial charge in [0.15, 0.2) is 5.71 Å². The first kappa shape index (κ1) is 13.8. The number of hydrogen-bond donors (Lipinski definition) is 0. The van der Waals surface area contributed by atoms with Crippen LogP contribution < -0.4 is 0 Å². The van der Waals surface area contributed by atoms with Crippen molar-refractivity contribution < 1.29 is 4.84 Å². The lowest BCUT2D eigenvalue weighted by Crippen LogP contribution is -1.99. The Hall–Kier alpha value is -2.60. The van der Waals surface area contributed by atoms with Gasteiger partial charge in [-0.25, -0.2) is 0 Å². The van der Waals surface area contributed by atoms with Gasteiger partial charge in [-0.15, -0.1) is 0 Å². The third-order valence-corrected chi connectivity index (χ3v) is 2.87. The first-order valence-corrected chi connectivity index (χ1v) is 6.55. The van der Waals surface area contributed by atoms with E-state index in [1.54, 1.807) is 0 Å². The molecule has 0 radical (unpaired) electrons. The van der Waals surface area contributed by atoms with E-state index in [-0.39, 0.29) is 0 Å². The molecule has 0 aliphatic carbocycles. The zero-order valence-corrected chi connectivity index (χ0v) is 11.2. The molecule has 0 heterocycles. The van der Waals surface area contributed by atoms with E-state index in [0.717, 1.165) is 12.0 Å². The van der Waals surface area contributed by atoms with E-state index in [1.165, 1.54) is 5.56 Å². The van der Waals surface area contributed by atoms with Crippen LogP contribution in [0, 0.1) is 11.3 Å². The molecular formula is C17H16N2O. The normalized spacial score (nSPS) is 10.8. The van der Waals surface area contributed by atoms with Crippen LogP contribution in [0.25, 0.3) is 0 Å². The van der Waals surface area contributed by atoms with Crippen molar-refractivity contribution in [1.29, 1.82) is 5.26 Å². The Kier molecular flexibility index (Phi) is 5.36. The maximum atomic E-state index is 9.04. The molecule has 0 fully saturated rings. The second kappa shape index (κ2) is 7.75. The molecule has 20 heavy (non-hydrogen) atoms. The molecule has 0 bridgehead atoms. The number of aryl methyl sites for hydroxylation is 1. The molecule has 2 rings (SSSR count). The average Bonchev–Trinajstić information content (AvgIpc) is 2.52. The standard InChI is InChI=1S/C17H16N2O/c18-13-17(12-11-15-7-3-1-4-8-15)19-20-14-16-9-5-2-6-10-16/h1-10H,11-12,14H2/b19-17-. The number of nitriles is 1. The van der Waals surface area contributed by atoms with Gasteiger partial charge in [0, 0.05) is 6.42 Å². The van der Waals surface area contributed by atoms with E-state index in [0.29, 0.717) is 18.7 Å². The van der Waals surface area contributed by atoms with Gasteiger partial charge in [0.1, 0.15) is 12.7 Å². The maximum absolute atomic E-state index is 9.04. The molecule has 0 aliphatic rings. The molecule has 0 amide bonds. The fourth-order valence-corrected chi connectivity index (χ4v) is 1.79. The Morgan fingerprint density at radius 1 is 0.950 bits per heavy atom. The molecule has 0 spiro atoms. The Morgan fingerprint density at radius 2 is 1.55 bits per heavy atom. The van der Waals surface area contributed by atoms with Gasteiger partial charge in [0.05, 0.1) is 0 Å². The van der Waals surface area contributed by atoms with Crippen LogP contribution in [0.15, 0.2) is 65.8 Å². The fourth-order valence-electron chi connectivity index (χ4n) is 1.79. The smallest absolute Gasteiger partial charge is 0.157 e. The van der Waals surface area contributed by atoms with Crippen LogP contribution in [0.2, 0.25) is 0 Å². The number of hydrogen-bond acceptors (Lipinski definition) is 3. The van der Waals surface area contributed by atoms with Gasteiger partial charge in [0.2, 0.25) is 0 Å². The van der Waals surface area contributed by atoms with Crippen LogP contribution in [0.1, 0.15) is 17.5 Å². The second-order valence-corrected chi connectivity index (χ2v) is 4.39. The predicted molar refractivity (Wildman–Crippen MR) is 79.0 cm³/mol. The van der Waals surface area contributed by atoms with Crippen molar-refractivity contribution in [2.24, 2.45) is 5.16 Å². The summed E-state index contributed by atoms with van der Waals surface area (Å²) in [6, 6.07) is 21.9. The quantitative estimate of drug-likeness (QED) is 0.589. The Labute approximate surface area is 119 Å². The number of benzene rings is 2. The largest absolute Gasteiger partial charge is 0.390 e. The van der Waals surface area contributed by atoms with Crippen molar-refractivity contribution in [2.75, 3.05) is 0 Å². The molecule has 0 saturated heterocycles. The topological polar surface area (TPSA) is 45.4 Å². The summed E-state index contributed by atoms with van der Waals surface area (Å²) in [7, 11) is 0. The minimum atomic E-state index is 0.386. The first-order valence-electron chi connectivity index (χ1n) is 6.55. The second-order valence-electron chi connectivity index (χ2n) is 4.39. The van der Waals surface area contributed by atoms with Gasteiger partial charge in [-0.3, -0.25) is 0 Å². The van der Waals surface area contributed by atoms with E-state index < -0.39 is 0 Å². The summed E-state index contributed by atoms with van der Waals surface area (Å²) in [4.78, 5) is 5.23. The van der Waals surface area contributed by atoms with Crippen molar-refractivity contribution in [3.63, 3.8) is 0 Å². The SMILES string of the molecule is N#C/C(CCc1ccccc1)=N\OCc1ccccc1. The maximum Gasteiger partial charge on any atom is 0.157 e. The van der Waals surface area contributed by atoms with Crippen molar-refractivity contribution >= 4 is 5.71 Å². The molecule has 0 atom stereocenters. The van der Waals surface area contributed by atoms with Crippen molar-refractivity contribution in [1.82, 2.24) is 0 Å². The average molecular weight is 264 g/mol. The number of nitrogens with zero attached hydrogens (tertiary/aromatic N) is 2. The van der Waals surface area contributed by atoms with E-state index in [1.807, 2.05) is 60.7 Å². The number of rotatable bonds is 6. The summed E-state index contributed by atoms with van der Waals surface area (Å²) >= 11 is 0. The lowest BCUT2D eigenvalue weighted by atomic mass is 10.1. The third-order valence-electron chi connectivity index (χ3n) is 2.87. The lowest BCUT2D eigenvalue weighted by molar-refractivity contribution is 0.130. The molecule has 0 aliphatic heterocycles. The Balaban J connectivity index is 1.82. The van der Waals surface area contributed by atoms with Crippen LogP contribution >= 0.6 is 0 Å². The van der Waals surface area contributed by atoms with Gasteiger partial charge in [-0.2, -0.15) is 5.26 Å². The molecule has 0 aromatic heterocycles. The van der Waals surface area contributed by atoms with Crippen LogP contribution in [-0.2, 0) is 17.9 Å². The first-order chi connectivity index (χ1) is 9.88. The highest BCUT2D eigenvalue weighted by molar-refractivity contribution is 5.98. The van der Waals surface area contributed by atoms with Crippen LogP contribution in [0.3, 0.4) is 0 Å². The zero-order chi connectivity index (χ0) is 14.0. The zero-order valence-electron chi connectivity index (χ0n) is 11.2. The molecule has 0 unspecified atom stereocenters. The molecule has 3 nitrogen and oxygen atoms in total. The summed E-state index contributed by atoms with van der Waals surface area (Å²) < 4.78 is 0. The molecule has 0 N–H and O–H groups in total. The van der Waals surface area contributed by atoms with Crippen LogP contribution in [-0.4, -0.2) is 5.71 Å². The summed E-state index contributed by atoms with van der Waals surface area (Å²) in [5.74, 6) is 0. The van der Waals surface area contributed by atoms with E-state index >= 15 is 0 Å². The van der Waals surface area contributed by atoms with Gasteiger partial charge < -0.3 is 4.84 Å². The van der Waals surface area contributed by atoms with Crippen molar-refractivity contribution in [2.45, 2.75) is 19.4 Å². The monoisotopic (exact) mass is 264 g/mol. The molecule has 2 aromatic carbocycles. The molecule has 0 saturated carbocycles. The Bertz CT molecular complexity index is 585. The van der Waals surface area contributed by atoms with Crippen LogP contribution in [0.4, 0.5) is 0 Å². The summed E-state index contributed by atoms with van der Waals surface area (Å²) in [5, 5.41) is 12.9. The van der Waals surface area contributed by atoms with Crippen LogP contribution in [0.5, 0.6) is 0 Å². The molecule has 2 aromatic rings. The lowest BCUT2D eigenvalue weighted by Gasteiger charge is -2.01. The Morgan fingerprint density at radius 3 is 2.15 bits per heavy atom. The van der Waals surface area contributed by atoms with Gasteiger partial charge in [0.25, 0.3) is 0 Å². The highest BCUT2D eigenvalue weighted by Gasteiger charge is 2.00. The van der Waals surface area contributed by atoms with E-state index in [2.05, 4.69) is 11.2 Å². The predicted octanol–water partition coefficient (Wildman–Crippen LogP) is 3.72.